The molecular weight excluding hydrogens is 176 g/mol. The van der Waals surface area contributed by atoms with E-state index in [2.05, 4.69) is 6.58 Å². The quantitative estimate of drug-likeness (QED) is 0.533. The first kappa shape index (κ1) is 10.0. The second-order valence-electron chi connectivity index (χ2n) is 2.62. The standard InChI is InChI=1S/C11H10N2O/c1-2-11(14)13(9-8-12)10-6-4-3-5-7-10/h2-7H,1,9H2. The Morgan fingerprint density at radius 3 is 2.64 bits per heavy atom. The average molecular weight is 186 g/mol. The zero-order chi connectivity index (χ0) is 10.4. The minimum atomic E-state index is -0.266. The summed E-state index contributed by atoms with van der Waals surface area (Å²) < 4.78 is 0. The van der Waals surface area contributed by atoms with Crippen molar-refractivity contribution in [2.24, 2.45) is 0 Å². The van der Waals surface area contributed by atoms with Crippen LogP contribution < -0.4 is 4.90 Å². The molecule has 0 heterocycles. The van der Waals surface area contributed by atoms with Gasteiger partial charge in [0.25, 0.3) is 5.91 Å². The Morgan fingerprint density at radius 1 is 1.50 bits per heavy atom. The summed E-state index contributed by atoms with van der Waals surface area (Å²) in [7, 11) is 0. The van der Waals surface area contributed by atoms with Gasteiger partial charge in [0.15, 0.2) is 0 Å². The highest BCUT2D eigenvalue weighted by molar-refractivity contribution is 6.01. The van der Waals surface area contributed by atoms with Crippen LogP contribution in [-0.2, 0) is 4.79 Å². The number of amides is 1. The molecule has 0 aliphatic carbocycles. The number of nitrogens with zero attached hydrogens (tertiary/aromatic N) is 2. The van der Waals surface area contributed by atoms with Gasteiger partial charge in [-0.3, -0.25) is 9.69 Å². The molecule has 0 spiro atoms. The monoisotopic (exact) mass is 186 g/mol. The fraction of sp³-hybridized carbons (Fsp3) is 0.0909. The van der Waals surface area contributed by atoms with Crippen molar-refractivity contribution in [3.8, 4) is 6.07 Å². The smallest absolute Gasteiger partial charge is 0.251 e. The van der Waals surface area contributed by atoms with Crippen molar-refractivity contribution in [3.63, 3.8) is 0 Å². The zero-order valence-electron chi connectivity index (χ0n) is 7.68. The molecule has 1 amide bonds. The van der Waals surface area contributed by atoms with E-state index < -0.39 is 0 Å². The van der Waals surface area contributed by atoms with E-state index in [-0.39, 0.29) is 12.5 Å². The largest absolute Gasteiger partial charge is 0.295 e. The lowest BCUT2D eigenvalue weighted by atomic mass is 10.3. The molecule has 0 atom stereocenters. The molecule has 3 heteroatoms. The Labute approximate surface area is 82.9 Å². The van der Waals surface area contributed by atoms with Gasteiger partial charge in [0.1, 0.15) is 6.54 Å². The number of hydrogen-bond donors (Lipinski definition) is 0. The molecule has 0 saturated heterocycles. The number of anilines is 1. The van der Waals surface area contributed by atoms with Gasteiger partial charge in [0.2, 0.25) is 0 Å². The van der Waals surface area contributed by atoms with Crippen molar-refractivity contribution in [3.05, 3.63) is 43.0 Å². The Kier molecular flexibility index (Phi) is 3.45. The van der Waals surface area contributed by atoms with Gasteiger partial charge in [-0.25, -0.2) is 0 Å². The molecule has 0 aliphatic rings. The number of rotatable bonds is 3. The second kappa shape index (κ2) is 4.83. The molecule has 0 aromatic heterocycles. The zero-order valence-corrected chi connectivity index (χ0v) is 7.68. The molecule has 14 heavy (non-hydrogen) atoms. The molecule has 0 bridgehead atoms. The Balaban J connectivity index is 2.95. The molecule has 0 radical (unpaired) electrons. The Bertz CT molecular complexity index is 365. The van der Waals surface area contributed by atoms with Gasteiger partial charge in [0, 0.05) is 5.69 Å². The first-order chi connectivity index (χ1) is 6.79. The van der Waals surface area contributed by atoms with Crippen LogP contribution in [-0.4, -0.2) is 12.5 Å². The number of carbonyl (C=O) groups excluding carboxylic acids is 1. The van der Waals surface area contributed by atoms with Crippen LogP contribution in [0.5, 0.6) is 0 Å². The van der Waals surface area contributed by atoms with E-state index in [1.807, 2.05) is 24.3 Å². The summed E-state index contributed by atoms with van der Waals surface area (Å²) in [5.41, 5.74) is 0.707. The lowest BCUT2D eigenvalue weighted by Gasteiger charge is -2.17. The molecule has 0 saturated carbocycles. The molecule has 0 fully saturated rings. The number of para-hydroxylation sites is 1. The summed E-state index contributed by atoms with van der Waals surface area (Å²) in [6, 6.07) is 11.0. The maximum absolute atomic E-state index is 11.4. The van der Waals surface area contributed by atoms with E-state index in [1.165, 1.54) is 11.0 Å². The highest BCUT2D eigenvalue weighted by Gasteiger charge is 2.10. The predicted octanol–water partition coefficient (Wildman–Crippen LogP) is 1.73. The van der Waals surface area contributed by atoms with Gasteiger partial charge < -0.3 is 0 Å². The van der Waals surface area contributed by atoms with Gasteiger partial charge in [-0.1, -0.05) is 24.8 Å². The maximum atomic E-state index is 11.4. The Morgan fingerprint density at radius 2 is 2.14 bits per heavy atom. The molecule has 1 aromatic carbocycles. The molecular formula is C11H10N2O. The molecule has 1 rings (SSSR count). The van der Waals surface area contributed by atoms with Crippen LogP contribution in [0.2, 0.25) is 0 Å². The molecule has 1 aromatic rings. The molecule has 0 unspecified atom stereocenters. The van der Waals surface area contributed by atoms with E-state index in [9.17, 15) is 4.79 Å². The van der Waals surface area contributed by atoms with Gasteiger partial charge in [-0.15, -0.1) is 0 Å². The molecule has 0 N–H and O–H groups in total. The number of carbonyl (C=O) groups is 1. The lowest BCUT2D eigenvalue weighted by Crippen LogP contribution is -2.29. The second-order valence-corrected chi connectivity index (χ2v) is 2.62. The van der Waals surface area contributed by atoms with Gasteiger partial charge in [-0.2, -0.15) is 5.26 Å². The Hall–Kier alpha value is -2.08. The molecule has 3 nitrogen and oxygen atoms in total. The molecule has 0 aliphatic heterocycles. The molecule has 70 valence electrons. The van der Waals surface area contributed by atoms with Crippen LogP contribution in [0.25, 0.3) is 0 Å². The van der Waals surface area contributed by atoms with Gasteiger partial charge in [0.05, 0.1) is 6.07 Å². The summed E-state index contributed by atoms with van der Waals surface area (Å²) >= 11 is 0. The summed E-state index contributed by atoms with van der Waals surface area (Å²) in [4.78, 5) is 12.7. The summed E-state index contributed by atoms with van der Waals surface area (Å²) in [5, 5.41) is 8.56. The highest BCUT2D eigenvalue weighted by atomic mass is 16.2. The fourth-order valence-corrected chi connectivity index (χ4v) is 1.09. The van der Waals surface area contributed by atoms with Gasteiger partial charge in [-0.05, 0) is 18.2 Å². The number of hydrogen-bond acceptors (Lipinski definition) is 2. The van der Waals surface area contributed by atoms with Crippen molar-refractivity contribution in [2.45, 2.75) is 0 Å². The van der Waals surface area contributed by atoms with E-state index >= 15 is 0 Å². The third-order valence-electron chi connectivity index (χ3n) is 1.74. The SMILES string of the molecule is C=CC(=O)N(CC#N)c1ccccc1. The van der Waals surface area contributed by atoms with Crippen LogP contribution >= 0.6 is 0 Å². The van der Waals surface area contributed by atoms with Crippen LogP contribution in [0.3, 0.4) is 0 Å². The maximum Gasteiger partial charge on any atom is 0.251 e. The first-order valence-electron chi connectivity index (χ1n) is 4.15. The number of benzene rings is 1. The van der Waals surface area contributed by atoms with Gasteiger partial charge >= 0.3 is 0 Å². The lowest BCUT2D eigenvalue weighted by molar-refractivity contribution is -0.114. The third-order valence-corrected chi connectivity index (χ3v) is 1.74. The topological polar surface area (TPSA) is 44.1 Å². The van der Waals surface area contributed by atoms with E-state index in [1.54, 1.807) is 12.1 Å². The summed E-state index contributed by atoms with van der Waals surface area (Å²) in [5.74, 6) is -0.266. The van der Waals surface area contributed by atoms with Crippen LogP contribution in [0, 0.1) is 11.3 Å². The number of nitriles is 1. The predicted molar refractivity (Wildman–Crippen MR) is 54.6 cm³/mol. The van der Waals surface area contributed by atoms with E-state index in [4.69, 9.17) is 5.26 Å². The van der Waals surface area contributed by atoms with Crippen LogP contribution in [0.15, 0.2) is 43.0 Å². The van der Waals surface area contributed by atoms with Crippen molar-refractivity contribution >= 4 is 11.6 Å². The minimum absolute atomic E-state index is 0.0366. The first-order valence-corrected chi connectivity index (χ1v) is 4.15. The van der Waals surface area contributed by atoms with E-state index in [0.29, 0.717) is 5.69 Å². The summed E-state index contributed by atoms with van der Waals surface area (Å²) in [6.45, 7) is 3.43. The van der Waals surface area contributed by atoms with Crippen molar-refractivity contribution in [1.29, 1.82) is 5.26 Å². The van der Waals surface area contributed by atoms with Crippen LogP contribution in [0.1, 0.15) is 0 Å². The average Bonchev–Trinajstić information content (AvgIpc) is 2.26. The fourth-order valence-electron chi connectivity index (χ4n) is 1.09. The minimum Gasteiger partial charge on any atom is -0.295 e. The van der Waals surface area contributed by atoms with Crippen molar-refractivity contribution < 1.29 is 4.79 Å². The van der Waals surface area contributed by atoms with E-state index in [0.717, 1.165) is 0 Å². The highest BCUT2D eigenvalue weighted by Crippen LogP contribution is 2.12. The van der Waals surface area contributed by atoms with Crippen LogP contribution in [0.4, 0.5) is 5.69 Å². The summed E-state index contributed by atoms with van der Waals surface area (Å²) in [6.07, 6.45) is 1.20. The third kappa shape index (κ3) is 2.20. The van der Waals surface area contributed by atoms with Crippen molar-refractivity contribution in [2.75, 3.05) is 11.4 Å². The van der Waals surface area contributed by atoms with Crippen molar-refractivity contribution in [1.82, 2.24) is 0 Å². The normalized spacial score (nSPS) is 8.79.